The van der Waals surface area contributed by atoms with E-state index in [9.17, 15) is 14.0 Å². The van der Waals surface area contributed by atoms with E-state index < -0.39 is 0 Å². The second kappa shape index (κ2) is 9.21. The van der Waals surface area contributed by atoms with Crippen LogP contribution in [0.4, 0.5) is 10.1 Å². The maximum atomic E-state index is 13.4. The van der Waals surface area contributed by atoms with Gasteiger partial charge in [-0.05, 0) is 43.3 Å². The van der Waals surface area contributed by atoms with Crippen molar-refractivity contribution in [3.8, 4) is 17.1 Å². The number of carbonyl (C=O) groups excluding carboxylic acids is 1. The van der Waals surface area contributed by atoms with Gasteiger partial charge in [-0.2, -0.15) is 0 Å². The predicted molar refractivity (Wildman–Crippen MR) is 120 cm³/mol. The van der Waals surface area contributed by atoms with E-state index in [4.69, 9.17) is 4.74 Å². The van der Waals surface area contributed by atoms with Gasteiger partial charge in [-0.1, -0.05) is 12.1 Å². The Morgan fingerprint density at radius 2 is 1.75 bits per heavy atom. The number of rotatable bonds is 5. The van der Waals surface area contributed by atoms with Crippen molar-refractivity contribution in [3.63, 3.8) is 0 Å². The van der Waals surface area contributed by atoms with Crippen molar-refractivity contribution in [1.82, 2.24) is 14.5 Å². The molecule has 3 aromatic rings. The van der Waals surface area contributed by atoms with Crippen LogP contribution in [-0.2, 0) is 11.3 Å². The Kier molecular flexibility index (Phi) is 6.20. The van der Waals surface area contributed by atoms with Crippen LogP contribution in [0.1, 0.15) is 5.69 Å². The van der Waals surface area contributed by atoms with E-state index in [0.717, 1.165) is 11.4 Å². The number of methoxy groups -OCH3 is 1. The molecule has 2 heterocycles. The lowest BCUT2D eigenvalue weighted by molar-refractivity contribution is -0.132. The number of halogens is 1. The zero-order valence-electron chi connectivity index (χ0n) is 18.1. The molecule has 0 aliphatic carbocycles. The van der Waals surface area contributed by atoms with E-state index in [1.165, 1.54) is 22.8 Å². The standard InChI is InChI=1S/C24H25FN4O3/c1-17-15-22(30)29(24(26-17)18-7-9-19(25)10-8-18)16-23(31)28-13-11-27(12-14-28)20-5-3-4-6-21(20)32-2/h3-10,15H,11-14,16H2,1-2H3. The number of piperazine rings is 1. The van der Waals surface area contributed by atoms with Gasteiger partial charge in [-0.25, -0.2) is 9.37 Å². The van der Waals surface area contributed by atoms with Gasteiger partial charge < -0.3 is 14.5 Å². The molecule has 0 unspecified atom stereocenters. The van der Waals surface area contributed by atoms with Crippen molar-refractivity contribution in [3.05, 3.63) is 76.5 Å². The maximum absolute atomic E-state index is 13.4. The predicted octanol–water partition coefficient (Wildman–Crippen LogP) is 2.72. The molecule has 1 fully saturated rings. The van der Waals surface area contributed by atoms with Crippen molar-refractivity contribution in [1.29, 1.82) is 0 Å². The van der Waals surface area contributed by atoms with Crippen molar-refractivity contribution < 1.29 is 13.9 Å². The summed E-state index contributed by atoms with van der Waals surface area (Å²) in [6.07, 6.45) is 0. The van der Waals surface area contributed by atoms with Gasteiger partial charge in [-0.3, -0.25) is 14.2 Å². The number of anilines is 1. The number of para-hydroxylation sites is 2. The lowest BCUT2D eigenvalue weighted by Gasteiger charge is -2.36. The third-order valence-corrected chi connectivity index (χ3v) is 5.59. The molecule has 8 heteroatoms. The molecule has 0 radical (unpaired) electrons. The topological polar surface area (TPSA) is 67.7 Å². The van der Waals surface area contributed by atoms with Crippen LogP contribution in [0, 0.1) is 12.7 Å². The first kappa shape index (κ1) is 21.5. The van der Waals surface area contributed by atoms with E-state index in [2.05, 4.69) is 9.88 Å². The minimum atomic E-state index is -0.376. The first-order valence-corrected chi connectivity index (χ1v) is 10.5. The van der Waals surface area contributed by atoms with Crippen molar-refractivity contribution in [2.75, 3.05) is 38.2 Å². The van der Waals surface area contributed by atoms with E-state index in [1.807, 2.05) is 24.3 Å². The molecule has 0 N–H and O–H groups in total. The molecule has 1 amide bonds. The fourth-order valence-electron chi connectivity index (χ4n) is 3.92. The quantitative estimate of drug-likeness (QED) is 0.615. The fraction of sp³-hybridized carbons (Fsp3) is 0.292. The largest absolute Gasteiger partial charge is 0.495 e. The average Bonchev–Trinajstić information content (AvgIpc) is 2.81. The number of hydrogen-bond acceptors (Lipinski definition) is 5. The Balaban J connectivity index is 1.50. The molecule has 0 saturated carbocycles. The van der Waals surface area contributed by atoms with Crippen LogP contribution in [-0.4, -0.2) is 53.6 Å². The average molecular weight is 436 g/mol. The summed E-state index contributed by atoms with van der Waals surface area (Å²) in [6.45, 7) is 4.01. The monoisotopic (exact) mass is 436 g/mol. The molecule has 1 aromatic heterocycles. The van der Waals surface area contributed by atoms with Gasteiger partial charge in [0.15, 0.2) is 0 Å². The summed E-state index contributed by atoms with van der Waals surface area (Å²) >= 11 is 0. The Labute approximate surface area is 185 Å². The summed E-state index contributed by atoms with van der Waals surface area (Å²) in [7, 11) is 1.64. The van der Waals surface area contributed by atoms with E-state index in [1.54, 1.807) is 31.1 Å². The number of nitrogens with zero attached hydrogens (tertiary/aromatic N) is 4. The molecule has 0 spiro atoms. The van der Waals surface area contributed by atoms with E-state index in [0.29, 0.717) is 43.3 Å². The zero-order valence-corrected chi connectivity index (χ0v) is 18.1. The second-order valence-electron chi connectivity index (χ2n) is 7.69. The van der Waals surface area contributed by atoms with Crippen LogP contribution in [0.2, 0.25) is 0 Å². The van der Waals surface area contributed by atoms with Gasteiger partial charge in [0.1, 0.15) is 23.9 Å². The number of aromatic nitrogens is 2. The third-order valence-electron chi connectivity index (χ3n) is 5.59. The summed E-state index contributed by atoms with van der Waals surface area (Å²) < 4.78 is 20.2. The number of hydrogen-bond donors (Lipinski definition) is 0. The first-order chi connectivity index (χ1) is 15.5. The highest BCUT2D eigenvalue weighted by atomic mass is 19.1. The normalized spacial score (nSPS) is 13.8. The number of benzene rings is 2. The Bertz CT molecular complexity index is 1170. The van der Waals surface area contributed by atoms with Crippen LogP contribution in [0.3, 0.4) is 0 Å². The third kappa shape index (κ3) is 4.49. The van der Waals surface area contributed by atoms with Crippen molar-refractivity contribution in [2.45, 2.75) is 13.5 Å². The molecule has 4 rings (SSSR count). The lowest BCUT2D eigenvalue weighted by atomic mass is 10.2. The molecule has 0 bridgehead atoms. The number of carbonyl (C=O) groups is 1. The van der Waals surface area contributed by atoms with E-state index >= 15 is 0 Å². The molecule has 1 saturated heterocycles. The van der Waals surface area contributed by atoms with Gasteiger partial charge in [0.25, 0.3) is 5.56 Å². The van der Waals surface area contributed by atoms with Gasteiger partial charge in [0.2, 0.25) is 5.91 Å². The summed E-state index contributed by atoms with van der Waals surface area (Å²) in [4.78, 5) is 34.1. The second-order valence-corrected chi connectivity index (χ2v) is 7.69. The van der Waals surface area contributed by atoms with Crippen LogP contribution in [0.25, 0.3) is 11.4 Å². The molecule has 1 aliphatic rings. The SMILES string of the molecule is COc1ccccc1N1CCN(C(=O)Cn2c(-c3ccc(F)cc3)nc(C)cc2=O)CC1. The van der Waals surface area contributed by atoms with Crippen LogP contribution in [0.15, 0.2) is 59.4 Å². The van der Waals surface area contributed by atoms with Gasteiger partial charge in [0.05, 0.1) is 12.8 Å². The molecule has 7 nitrogen and oxygen atoms in total. The Hall–Kier alpha value is -3.68. The molecule has 32 heavy (non-hydrogen) atoms. The molecule has 166 valence electrons. The van der Waals surface area contributed by atoms with Crippen molar-refractivity contribution in [2.24, 2.45) is 0 Å². The Morgan fingerprint density at radius 1 is 1.06 bits per heavy atom. The molecular formula is C24H25FN4O3. The molecule has 2 aromatic carbocycles. The summed E-state index contributed by atoms with van der Waals surface area (Å²) in [5.74, 6) is 0.629. The molecule has 0 atom stereocenters. The number of amides is 1. The fourth-order valence-corrected chi connectivity index (χ4v) is 3.92. The number of ether oxygens (including phenoxy) is 1. The van der Waals surface area contributed by atoms with Crippen LogP contribution >= 0.6 is 0 Å². The minimum Gasteiger partial charge on any atom is -0.495 e. The highest BCUT2D eigenvalue weighted by molar-refractivity contribution is 5.77. The maximum Gasteiger partial charge on any atom is 0.254 e. The first-order valence-electron chi connectivity index (χ1n) is 10.5. The molecule has 1 aliphatic heterocycles. The Morgan fingerprint density at radius 3 is 2.44 bits per heavy atom. The highest BCUT2D eigenvalue weighted by Crippen LogP contribution is 2.28. The van der Waals surface area contributed by atoms with Crippen LogP contribution in [0.5, 0.6) is 5.75 Å². The zero-order chi connectivity index (χ0) is 22.7. The van der Waals surface area contributed by atoms with Gasteiger partial charge >= 0.3 is 0 Å². The smallest absolute Gasteiger partial charge is 0.254 e. The van der Waals surface area contributed by atoms with Gasteiger partial charge in [-0.15, -0.1) is 0 Å². The summed E-state index contributed by atoms with van der Waals surface area (Å²) in [5.41, 5.74) is 1.82. The lowest BCUT2D eigenvalue weighted by Crippen LogP contribution is -2.50. The number of aryl methyl sites for hydroxylation is 1. The van der Waals surface area contributed by atoms with Crippen molar-refractivity contribution >= 4 is 11.6 Å². The van der Waals surface area contributed by atoms with Crippen LogP contribution < -0.4 is 15.2 Å². The summed E-state index contributed by atoms with van der Waals surface area (Å²) in [6, 6.07) is 15.0. The highest BCUT2D eigenvalue weighted by Gasteiger charge is 2.24. The molecular weight excluding hydrogens is 411 g/mol. The van der Waals surface area contributed by atoms with E-state index in [-0.39, 0.29) is 23.8 Å². The minimum absolute atomic E-state index is 0.118. The van der Waals surface area contributed by atoms with Gasteiger partial charge in [0, 0.05) is 43.5 Å². The summed E-state index contributed by atoms with van der Waals surface area (Å²) in [5, 5.41) is 0.